The van der Waals surface area contributed by atoms with Crippen molar-refractivity contribution in [1.82, 2.24) is 0 Å². The second-order valence-corrected chi connectivity index (χ2v) is 6.43. The molecule has 0 fully saturated rings. The van der Waals surface area contributed by atoms with Gasteiger partial charge >= 0.3 is 0 Å². The summed E-state index contributed by atoms with van der Waals surface area (Å²) in [5, 5.41) is 16.6. The average Bonchev–Trinajstić information content (AvgIpc) is 3.05. The van der Waals surface area contributed by atoms with Gasteiger partial charge in [0.25, 0.3) is 5.69 Å². The molecule has 0 saturated carbocycles. The summed E-state index contributed by atoms with van der Waals surface area (Å²) in [7, 11) is 0. The third kappa shape index (κ3) is 4.05. The molecule has 2 aromatic rings. The fraction of sp³-hybridized carbons (Fsp3) is 0.263. The maximum absolute atomic E-state index is 12.4. The lowest BCUT2D eigenvalue weighted by molar-refractivity contribution is -0.384. The quantitative estimate of drug-likeness (QED) is 0.624. The Bertz CT molecular complexity index is 912. The van der Waals surface area contributed by atoms with Crippen LogP contribution in [-0.2, 0) is 16.0 Å². The summed E-state index contributed by atoms with van der Waals surface area (Å²) in [6, 6.07) is 10.9. The largest absolute Gasteiger partial charge is 0.374 e. The van der Waals surface area contributed by atoms with E-state index in [0.29, 0.717) is 12.2 Å². The van der Waals surface area contributed by atoms with E-state index in [4.69, 9.17) is 0 Å². The number of benzene rings is 2. The van der Waals surface area contributed by atoms with Crippen LogP contribution in [0.2, 0.25) is 0 Å². The van der Waals surface area contributed by atoms with Crippen LogP contribution in [-0.4, -0.2) is 29.3 Å². The van der Waals surface area contributed by atoms with E-state index in [1.54, 1.807) is 24.8 Å². The highest BCUT2D eigenvalue weighted by Gasteiger charge is 2.23. The number of nitrogens with zero attached hydrogens (tertiary/aromatic N) is 2. The summed E-state index contributed by atoms with van der Waals surface area (Å²) in [6.07, 6.45) is 0.776. The number of non-ortho nitro benzene ring substituents is 1. The van der Waals surface area contributed by atoms with Crippen LogP contribution in [0.5, 0.6) is 0 Å². The zero-order valence-electron chi connectivity index (χ0n) is 15.1. The molecule has 0 aliphatic carbocycles. The molecular weight excluding hydrogens is 348 g/mol. The smallest absolute Gasteiger partial charge is 0.271 e. The summed E-state index contributed by atoms with van der Waals surface area (Å²) in [6.45, 7) is 3.92. The second-order valence-electron chi connectivity index (χ2n) is 6.43. The molecule has 27 heavy (non-hydrogen) atoms. The van der Waals surface area contributed by atoms with Crippen molar-refractivity contribution in [3.8, 4) is 0 Å². The van der Waals surface area contributed by atoms with Crippen molar-refractivity contribution in [2.45, 2.75) is 26.3 Å². The molecule has 0 unspecified atom stereocenters. The molecule has 2 N–H and O–H groups in total. The molecule has 0 saturated heterocycles. The Labute approximate surface area is 156 Å². The number of hydrogen-bond donors (Lipinski definition) is 2. The van der Waals surface area contributed by atoms with Crippen LogP contribution in [0.4, 0.5) is 22.7 Å². The lowest BCUT2D eigenvalue weighted by atomic mass is 10.1. The van der Waals surface area contributed by atoms with Crippen molar-refractivity contribution < 1.29 is 14.5 Å². The summed E-state index contributed by atoms with van der Waals surface area (Å²) < 4.78 is 0. The van der Waals surface area contributed by atoms with Gasteiger partial charge in [0.05, 0.1) is 4.92 Å². The van der Waals surface area contributed by atoms with Crippen LogP contribution in [0.15, 0.2) is 42.5 Å². The fourth-order valence-electron chi connectivity index (χ4n) is 3.08. The van der Waals surface area contributed by atoms with Crippen LogP contribution >= 0.6 is 0 Å². The number of carbonyl (C=O) groups excluding carboxylic acids is 2. The van der Waals surface area contributed by atoms with Gasteiger partial charge in [-0.25, -0.2) is 0 Å². The topological polar surface area (TPSA) is 105 Å². The Kier molecular flexibility index (Phi) is 5.07. The van der Waals surface area contributed by atoms with Gasteiger partial charge < -0.3 is 15.5 Å². The number of nitro groups is 1. The van der Waals surface area contributed by atoms with E-state index in [1.807, 2.05) is 18.2 Å². The zero-order chi connectivity index (χ0) is 19.6. The first-order chi connectivity index (χ1) is 12.8. The Balaban J connectivity index is 1.66. The molecule has 0 radical (unpaired) electrons. The molecular formula is C19H20N4O4. The highest BCUT2D eigenvalue weighted by atomic mass is 16.6. The number of hydrogen-bond acceptors (Lipinski definition) is 5. The molecule has 140 valence electrons. The standard InChI is InChI=1S/C19H20N4O4/c1-12(19(25)21-15-4-3-5-17(11-15)23(26)27)20-16-6-7-18-14(10-16)8-9-22(18)13(2)24/h3-7,10-12,20H,8-9H2,1-2H3,(H,21,25)/t12-/m1/s1. The predicted octanol–water partition coefficient (Wildman–Crippen LogP) is 2.94. The highest BCUT2D eigenvalue weighted by molar-refractivity contribution is 5.97. The van der Waals surface area contributed by atoms with Gasteiger partial charge in [-0.2, -0.15) is 0 Å². The van der Waals surface area contributed by atoms with Crippen molar-refractivity contribution in [2.24, 2.45) is 0 Å². The van der Waals surface area contributed by atoms with Gasteiger partial charge in [-0.3, -0.25) is 19.7 Å². The molecule has 0 aromatic heterocycles. The van der Waals surface area contributed by atoms with E-state index < -0.39 is 11.0 Å². The lowest BCUT2D eigenvalue weighted by Gasteiger charge is -2.17. The number of carbonyl (C=O) groups is 2. The van der Waals surface area contributed by atoms with Gasteiger partial charge in [-0.1, -0.05) is 6.07 Å². The monoisotopic (exact) mass is 368 g/mol. The van der Waals surface area contributed by atoms with Crippen LogP contribution in [0.1, 0.15) is 19.4 Å². The Morgan fingerprint density at radius 2 is 1.96 bits per heavy atom. The second kappa shape index (κ2) is 7.45. The molecule has 1 atom stereocenters. The van der Waals surface area contributed by atoms with E-state index in [9.17, 15) is 19.7 Å². The SMILES string of the molecule is CC(=O)N1CCc2cc(N[C@H](C)C(=O)Nc3cccc([N+](=O)[O-])c3)ccc21. The average molecular weight is 368 g/mol. The lowest BCUT2D eigenvalue weighted by Crippen LogP contribution is -2.31. The molecule has 0 bridgehead atoms. The van der Waals surface area contributed by atoms with Gasteiger partial charge in [0.2, 0.25) is 11.8 Å². The fourth-order valence-corrected chi connectivity index (χ4v) is 3.08. The van der Waals surface area contributed by atoms with E-state index in [0.717, 1.165) is 23.4 Å². The van der Waals surface area contributed by atoms with Crippen molar-refractivity contribution in [3.05, 3.63) is 58.1 Å². The molecule has 8 nitrogen and oxygen atoms in total. The van der Waals surface area contributed by atoms with Crippen LogP contribution in [0.3, 0.4) is 0 Å². The number of nitrogens with one attached hydrogen (secondary N) is 2. The Hall–Kier alpha value is -3.42. The molecule has 8 heteroatoms. The van der Waals surface area contributed by atoms with Gasteiger partial charge in [-0.05, 0) is 43.2 Å². The van der Waals surface area contributed by atoms with Gasteiger partial charge in [0.15, 0.2) is 0 Å². The molecule has 1 heterocycles. The number of fused-ring (bicyclic) bond motifs is 1. The van der Waals surface area contributed by atoms with Crippen LogP contribution in [0.25, 0.3) is 0 Å². The molecule has 2 amide bonds. The van der Waals surface area contributed by atoms with Gasteiger partial charge in [-0.15, -0.1) is 0 Å². The van der Waals surface area contributed by atoms with Gasteiger partial charge in [0, 0.05) is 42.7 Å². The highest BCUT2D eigenvalue weighted by Crippen LogP contribution is 2.30. The minimum atomic E-state index is -0.548. The first kappa shape index (κ1) is 18.4. The van der Waals surface area contributed by atoms with Crippen LogP contribution < -0.4 is 15.5 Å². The summed E-state index contributed by atoms with van der Waals surface area (Å²) in [5.74, 6) is -0.291. The number of amides is 2. The molecule has 0 spiro atoms. The number of rotatable bonds is 5. The van der Waals surface area contributed by atoms with Crippen molar-refractivity contribution in [3.63, 3.8) is 0 Å². The number of nitro benzene ring substituents is 1. The van der Waals surface area contributed by atoms with Crippen molar-refractivity contribution >= 4 is 34.6 Å². The third-order valence-corrected chi connectivity index (χ3v) is 4.46. The molecule has 1 aliphatic rings. The Morgan fingerprint density at radius 1 is 1.19 bits per heavy atom. The first-order valence-electron chi connectivity index (χ1n) is 8.58. The van der Waals surface area contributed by atoms with Crippen molar-refractivity contribution in [2.75, 3.05) is 22.1 Å². The maximum atomic E-state index is 12.4. The van der Waals surface area contributed by atoms with E-state index in [1.165, 1.54) is 18.2 Å². The first-order valence-corrected chi connectivity index (χ1v) is 8.58. The van der Waals surface area contributed by atoms with Crippen molar-refractivity contribution in [1.29, 1.82) is 0 Å². The maximum Gasteiger partial charge on any atom is 0.271 e. The normalized spacial score (nSPS) is 13.6. The van der Waals surface area contributed by atoms with Gasteiger partial charge in [0.1, 0.15) is 6.04 Å². The summed E-state index contributed by atoms with van der Waals surface area (Å²) in [4.78, 5) is 36.0. The summed E-state index contributed by atoms with van der Waals surface area (Å²) >= 11 is 0. The van der Waals surface area contributed by atoms with E-state index in [-0.39, 0.29) is 17.5 Å². The minimum Gasteiger partial charge on any atom is -0.374 e. The molecule has 3 rings (SSSR count). The minimum absolute atomic E-state index is 0.0131. The Morgan fingerprint density at radius 3 is 2.67 bits per heavy atom. The van der Waals surface area contributed by atoms with E-state index >= 15 is 0 Å². The summed E-state index contributed by atoms with van der Waals surface area (Å²) in [5.41, 5.74) is 3.03. The van der Waals surface area contributed by atoms with Crippen LogP contribution in [0, 0.1) is 10.1 Å². The van der Waals surface area contributed by atoms with E-state index in [2.05, 4.69) is 10.6 Å². The zero-order valence-corrected chi connectivity index (χ0v) is 15.1. The third-order valence-electron chi connectivity index (χ3n) is 4.46. The number of anilines is 3. The molecule has 2 aromatic carbocycles. The molecule has 1 aliphatic heterocycles. The predicted molar refractivity (Wildman–Crippen MR) is 103 cm³/mol.